The SMILES string of the molecule is CCC(C(=O)NC1CCCC1)N(Cc1ccccc1Cl)C(=O)COc1ccc(C(C)C)cc1. The summed E-state index contributed by atoms with van der Waals surface area (Å²) in [4.78, 5) is 28.1. The van der Waals surface area contributed by atoms with Gasteiger partial charge in [-0.3, -0.25) is 9.59 Å². The lowest BCUT2D eigenvalue weighted by Gasteiger charge is -2.31. The van der Waals surface area contributed by atoms with E-state index in [0.717, 1.165) is 31.2 Å². The zero-order valence-electron chi connectivity index (χ0n) is 19.9. The average molecular weight is 471 g/mol. The van der Waals surface area contributed by atoms with Crippen molar-refractivity contribution in [3.63, 3.8) is 0 Å². The molecule has 1 aliphatic rings. The van der Waals surface area contributed by atoms with E-state index in [2.05, 4.69) is 19.2 Å². The molecule has 0 saturated heterocycles. The number of nitrogens with zero attached hydrogens (tertiary/aromatic N) is 1. The lowest BCUT2D eigenvalue weighted by atomic mass is 10.0. The van der Waals surface area contributed by atoms with Gasteiger partial charge in [-0.2, -0.15) is 0 Å². The number of amides is 2. The van der Waals surface area contributed by atoms with Gasteiger partial charge >= 0.3 is 0 Å². The Hall–Kier alpha value is -2.53. The van der Waals surface area contributed by atoms with E-state index in [-0.39, 0.29) is 31.0 Å². The Kier molecular flexibility index (Phi) is 9.19. The van der Waals surface area contributed by atoms with Crippen molar-refractivity contribution in [3.8, 4) is 5.75 Å². The summed E-state index contributed by atoms with van der Waals surface area (Å²) in [7, 11) is 0. The van der Waals surface area contributed by atoms with Crippen LogP contribution in [0.5, 0.6) is 5.75 Å². The molecule has 2 amide bonds. The molecule has 5 nitrogen and oxygen atoms in total. The summed E-state index contributed by atoms with van der Waals surface area (Å²) < 4.78 is 5.80. The molecule has 1 saturated carbocycles. The van der Waals surface area contributed by atoms with Crippen LogP contribution in [-0.4, -0.2) is 35.4 Å². The first-order valence-corrected chi connectivity index (χ1v) is 12.3. The van der Waals surface area contributed by atoms with Gasteiger partial charge in [-0.1, -0.05) is 75.5 Å². The maximum atomic E-state index is 13.3. The highest BCUT2D eigenvalue weighted by Gasteiger charge is 2.31. The minimum absolute atomic E-state index is 0.105. The molecule has 6 heteroatoms. The fourth-order valence-corrected chi connectivity index (χ4v) is 4.47. The lowest BCUT2D eigenvalue weighted by Crippen LogP contribution is -2.52. The van der Waals surface area contributed by atoms with E-state index in [1.165, 1.54) is 5.56 Å². The number of hydrogen-bond acceptors (Lipinski definition) is 3. The summed E-state index contributed by atoms with van der Waals surface area (Å²) in [6.07, 6.45) is 4.77. The highest BCUT2D eigenvalue weighted by molar-refractivity contribution is 6.31. The summed E-state index contributed by atoms with van der Waals surface area (Å²) in [6, 6.07) is 14.8. The van der Waals surface area contributed by atoms with Gasteiger partial charge in [-0.25, -0.2) is 0 Å². The normalized spacial score (nSPS) is 14.8. The van der Waals surface area contributed by atoms with E-state index >= 15 is 0 Å². The van der Waals surface area contributed by atoms with E-state index in [4.69, 9.17) is 16.3 Å². The Morgan fingerprint density at radius 3 is 2.36 bits per heavy atom. The molecule has 0 bridgehead atoms. The minimum atomic E-state index is -0.582. The molecule has 1 unspecified atom stereocenters. The van der Waals surface area contributed by atoms with Crippen molar-refractivity contribution in [1.82, 2.24) is 10.2 Å². The molecule has 1 atom stereocenters. The highest BCUT2D eigenvalue weighted by Crippen LogP contribution is 2.22. The van der Waals surface area contributed by atoms with Crippen LogP contribution in [0.25, 0.3) is 0 Å². The van der Waals surface area contributed by atoms with Crippen molar-refractivity contribution in [2.45, 2.75) is 77.4 Å². The van der Waals surface area contributed by atoms with Gasteiger partial charge in [-0.15, -0.1) is 0 Å². The molecule has 0 radical (unpaired) electrons. The van der Waals surface area contributed by atoms with Gasteiger partial charge in [-0.05, 0) is 54.5 Å². The predicted octanol–water partition coefficient (Wildman–Crippen LogP) is 5.71. The quantitative estimate of drug-likeness (QED) is 0.484. The third-order valence-corrected chi connectivity index (χ3v) is 6.66. The summed E-state index contributed by atoms with van der Waals surface area (Å²) in [5, 5.41) is 3.73. The fourth-order valence-electron chi connectivity index (χ4n) is 4.27. The van der Waals surface area contributed by atoms with Gasteiger partial charge in [0.2, 0.25) is 5.91 Å². The monoisotopic (exact) mass is 470 g/mol. The van der Waals surface area contributed by atoms with Crippen LogP contribution in [0.2, 0.25) is 5.02 Å². The Morgan fingerprint density at radius 2 is 1.76 bits per heavy atom. The van der Waals surface area contributed by atoms with Crippen molar-refractivity contribution in [3.05, 3.63) is 64.7 Å². The molecule has 0 spiro atoms. The third-order valence-electron chi connectivity index (χ3n) is 6.30. The first-order chi connectivity index (χ1) is 15.9. The number of nitrogens with one attached hydrogen (secondary N) is 1. The minimum Gasteiger partial charge on any atom is -0.484 e. The Bertz CT molecular complexity index is 923. The van der Waals surface area contributed by atoms with Crippen molar-refractivity contribution < 1.29 is 14.3 Å². The van der Waals surface area contributed by atoms with Gasteiger partial charge in [0.15, 0.2) is 6.61 Å². The summed E-state index contributed by atoms with van der Waals surface area (Å²) in [5.41, 5.74) is 2.02. The second-order valence-electron chi connectivity index (χ2n) is 9.04. The molecule has 2 aromatic carbocycles. The van der Waals surface area contributed by atoms with Gasteiger partial charge in [0, 0.05) is 17.6 Å². The number of carbonyl (C=O) groups is 2. The maximum Gasteiger partial charge on any atom is 0.261 e. The summed E-state index contributed by atoms with van der Waals surface area (Å²) in [5.74, 6) is 0.715. The molecule has 1 fully saturated rings. The van der Waals surface area contributed by atoms with E-state index in [1.54, 1.807) is 11.0 Å². The number of halogens is 1. The highest BCUT2D eigenvalue weighted by atomic mass is 35.5. The van der Waals surface area contributed by atoms with Gasteiger partial charge in [0.25, 0.3) is 5.91 Å². The van der Waals surface area contributed by atoms with Gasteiger partial charge in [0.05, 0.1) is 0 Å². The first-order valence-electron chi connectivity index (χ1n) is 11.9. The molecule has 1 N–H and O–H groups in total. The van der Waals surface area contributed by atoms with Crippen molar-refractivity contribution in [2.75, 3.05) is 6.61 Å². The number of carbonyl (C=O) groups excluding carboxylic acids is 2. The molecular weight excluding hydrogens is 436 g/mol. The number of ether oxygens (including phenoxy) is 1. The van der Waals surface area contributed by atoms with Crippen LogP contribution < -0.4 is 10.1 Å². The molecule has 0 heterocycles. The smallest absolute Gasteiger partial charge is 0.261 e. The Morgan fingerprint density at radius 1 is 1.09 bits per heavy atom. The van der Waals surface area contributed by atoms with Crippen molar-refractivity contribution in [2.24, 2.45) is 0 Å². The van der Waals surface area contributed by atoms with Gasteiger partial charge < -0.3 is 15.0 Å². The molecule has 33 heavy (non-hydrogen) atoms. The van der Waals surface area contributed by atoms with Crippen LogP contribution in [0.3, 0.4) is 0 Å². The molecular formula is C27H35ClN2O3. The zero-order valence-corrected chi connectivity index (χ0v) is 20.6. The number of hydrogen-bond donors (Lipinski definition) is 1. The molecule has 0 aromatic heterocycles. The predicted molar refractivity (Wildman–Crippen MR) is 133 cm³/mol. The van der Waals surface area contributed by atoms with Crippen LogP contribution in [0.4, 0.5) is 0 Å². The van der Waals surface area contributed by atoms with E-state index in [9.17, 15) is 9.59 Å². The van der Waals surface area contributed by atoms with Crippen LogP contribution >= 0.6 is 11.6 Å². The van der Waals surface area contributed by atoms with Crippen LogP contribution in [0.1, 0.15) is 69.9 Å². The summed E-state index contributed by atoms with van der Waals surface area (Å²) in [6.45, 7) is 6.31. The summed E-state index contributed by atoms with van der Waals surface area (Å²) >= 11 is 6.38. The third kappa shape index (κ3) is 6.97. The Labute approximate surface area is 202 Å². The standard InChI is InChI=1S/C27H35ClN2O3/c1-4-25(27(32)29-22-10-6-7-11-22)30(17-21-9-5-8-12-24(21)28)26(31)18-33-23-15-13-20(14-16-23)19(2)3/h5,8-9,12-16,19,22,25H,4,6-7,10-11,17-18H2,1-3H3,(H,29,32). The number of rotatable bonds is 10. The molecule has 178 valence electrons. The van der Waals surface area contributed by atoms with Crippen LogP contribution in [0.15, 0.2) is 48.5 Å². The van der Waals surface area contributed by atoms with E-state index in [0.29, 0.717) is 23.1 Å². The average Bonchev–Trinajstić information content (AvgIpc) is 3.31. The van der Waals surface area contributed by atoms with Crippen molar-refractivity contribution in [1.29, 1.82) is 0 Å². The second-order valence-corrected chi connectivity index (χ2v) is 9.45. The van der Waals surface area contributed by atoms with E-state index in [1.807, 2.05) is 49.4 Å². The molecule has 0 aliphatic heterocycles. The fraction of sp³-hybridized carbons (Fsp3) is 0.481. The Balaban J connectivity index is 1.74. The second kappa shape index (κ2) is 12.1. The van der Waals surface area contributed by atoms with E-state index < -0.39 is 6.04 Å². The zero-order chi connectivity index (χ0) is 23.8. The molecule has 1 aliphatic carbocycles. The van der Waals surface area contributed by atoms with Crippen molar-refractivity contribution >= 4 is 23.4 Å². The molecule has 2 aromatic rings. The maximum absolute atomic E-state index is 13.3. The first kappa shape index (κ1) is 25.1. The largest absolute Gasteiger partial charge is 0.484 e. The topological polar surface area (TPSA) is 58.6 Å². The molecule has 3 rings (SSSR count). The van der Waals surface area contributed by atoms with Crippen LogP contribution in [0, 0.1) is 0 Å². The van der Waals surface area contributed by atoms with Gasteiger partial charge in [0.1, 0.15) is 11.8 Å². The lowest BCUT2D eigenvalue weighted by molar-refractivity contribution is -0.143. The van der Waals surface area contributed by atoms with Crippen LogP contribution in [-0.2, 0) is 16.1 Å². The number of benzene rings is 2.